The number of nitrogens with zero attached hydrogens (tertiary/aromatic N) is 1. The number of nitrogens with one attached hydrogen (secondary N) is 1. The van der Waals surface area contributed by atoms with Gasteiger partial charge < -0.3 is 10.1 Å². The van der Waals surface area contributed by atoms with Crippen LogP contribution in [0.25, 0.3) is 0 Å². The van der Waals surface area contributed by atoms with Gasteiger partial charge in [-0.2, -0.15) is 5.26 Å². The Morgan fingerprint density at radius 1 is 1.56 bits per heavy atom. The van der Waals surface area contributed by atoms with Crippen LogP contribution in [0.1, 0.15) is 18.9 Å². The third-order valence-electron chi connectivity index (χ3n) is 2.82. The van der Waals surface area contributed by atoms with Gasteiger partial charge in [-0.3, -0.25) is 0 Å². The van der Waals surface area contributed by atoms with Crippen LogP contribution in [-0.4, -0.2) is 18.8 Å². The SMILES string of the molecule is CC1OCCC1Nc1ccc(C#N)c(Cl)c1. The number of ether oxygens (including phenoxy) is 1. The maximum absolute atomic E-state index is 8.76. The molecular weight excluding hydrogens is 224 g/mol. The lowest BCUT2D eigenvalue weighted by molar-refractivity contribution is 0.121. The maximum atomic E-state index is 8.76. The van der Waals surface area contributed by atoms with Gasteiger partial charge in [-0.25, -0.2) is 0 Å². The second kappa shape index (κ2) is 4.73. The third kappa shape index (κ3) is 2.29. The largest absolute Gasteiger partial charge is 0.380 e. The fraction of sp³-hybridized carbons (Fsp3) is 0.417. The first-order valence-electron chi connectivity index (χ1n) is 5.28. The van der Waals surface area contributed by atoms with E-state index >= 15 is 0 Å². The lowest BCUT2D eigenvalue weighted by Gasteiger charge is -2.17. The molecule has 0 radical (unpaired) electrons. The minimum absolute atomic E-state index is 0.217. The highest BCUT2D eigenvalue weighted by Crippen LogP contribution is 2.23. The summed E-state index contributed by atoms with van der Waals surface area (Å²) in [6.07, 6.45) is 1.22. The predicted octanol–water partition coefficient (Wildman–Crippen LogP) is 2.80. The molecule has 4 heteroatoms. The molecule has 1 aromatic rings. The minimum atomic E-state index is 0.217. The van der Waals surface area contributed by atoms with Gasteiger partial charge in [0.15, 0.2) is 0 Å². The molecular formula is C12H13ClN2O. The van der Waals surface area contributed by atoms with Gasteiger partial charge in [0.2, 0.25) is 0 Å². The molecule has 1 heterocycles. The molecule has 1 N–H and O–H groups in total. The molecule has 1 saturated heterocycles. The van der Waals surface area contributed by atoms with E-state index in [4.69, 9.17) is 21.6 Å². The van der Waals surface area contributed by atoms with Crippen LogP contribution in [0.4, 0.5) is 5.69 Å². The Morgan fingerprint density at radius 2 is 2.38 bits per heavy atom. The summed E-state index contributed by atoms with van der Waals surface area (Å²) in [5, 5.41) is 12.6. The van der Waals surface area contributed by atoms with Gasteiger partial charge >= 0.3 is 0 Å². The molecule has 3 nitrogen and oxygen atoms in total. The van der Waals surface area contributed by atoms with Crippen molar-refractivity contribution in [1.29, 1.82) is 5.26 Å². The first-order chi connectivity index (χ1) is 7.70. The summed E-state index contributed by atoms with van der Waals surface area (Å²) < 4.78 is 5.46. The van der Waals surface area contributed by atoms with Crippen LogP contribution in [-0.2, 0) is 4.74 Å². The quantitative estimate of drug-likeness (QED) is 0.859. The Hall–Kier alpha value is -1.24. The fourth-order valence-corrected chi connectivity index (χ4v) is 2.05. The Morgan fingerprint density at radius 3 is 2.94 bits per heavy atom. The average molecular weight is 237 g/mol. The van der Waals surface area contributed by atoms with Crippen molar-refractivity contribution in [2.24, 2.45) is 0 Å². The topological polar surface area (TPSA) is 45.0 Å². The van der Waals surface area contributed by atoms with Gasteiger partial charge in [0.25, 0.3) is 0 Å². The zero-order valence-electron chi connectivity index (χ0n) is 9.03. The number of hydrogen-bond acceptors (Lipinski definition) is 3. The molecule has 0 saturated carbocycles. The number of anilines is 1. The number of rotatable bonds is 2. The van der Waals surface area contributed by atoms with Gasteiger partial charge in [0, 0.05) is 12.3 Å². The summed E-state index contributed by atoms with van der Waals surface area (Å²) >= 11 is 5.96. The molecule has 0 spiro atoms. The van der Waals surface area contributed by atoms with E-state index in [1.54, 1.807) is 12.1 Å². The molecule has 84 valence electrons. The smallest absolute Gasteiger partial charge is 0.101 e. The van der Waals surface area contributed by atoms with Crippen LogP contribution in [0.2, 0.25) is 5.02 Å². The van der Waals surface area contributed by atoms with Crippen LogP contribution in [0.15, 0.2) is 18.2 Å². The predicted molar refractivity (Wildman–Crippen MR) is 63.6 cm³/mol. The highest BCUT2D eigenvalue weighted by Gasteiger charge is 2.23. The second-order valence-corrected chi connectivity index (χ2v) is 4.33. The van der Waals surface area contributed by atoms with E-state index in [0.29, 0.717) is 16.6 Å². The summed E-state index contributed by atoms with van der Waals surface area (Å²) in [6, 6.07) is 7.74. The fourth-order valence-electron chi connectivity index (χ4n) is 1.83. The molecule has 1 aliphatic heterocycles. The number of benzene rings is 1. The molecule has 16 heavy (non-hydrogen) atoms. The molecule has 1 fully saturated rings. The van der Waals surface area contributed by atoms with Crippen molar-refractivity contribution in [2.45, 2.75) is 25.5 Å². The van der Waals surface area contributed by atoms with Crippen molar-refractivity contribution in [3.8, 4) is 6.07 Å². The molecule has 0 amide bonds. The first-order valence-corrected chi connectivity index (χ1v) is 5.66. The second-order valence-electron chi connectivity index (χ2n) is 3.92. The van der Waals surface area contributed by atoms with Gasteiger partial charge in [-0.05, 0) is 31.5 Å². The molecule has 2 rings (SSSR count). The van der Waals surface area contributed by atoms with E-state index in [2.05, 4.69) is 12.2 Å². The van der Waals surface area contributed by atoms with Gasteiger partial charge in [0.05, 0.1) is 22.7 Å². The van der Waals surface area contributed by atoms with Gasteiger partial charge in [-0.15, -0.1) is 0 Å². The van der Waals surface area contributed by atoms with Crippen molar-refractivity contribution in [3.63, 3.8) is 0 Å². The molecule has 2 atom stereocenters. The van der Waals surface area contributed by atoms with E-state index < -0.39 is 0 Å². The van der Waals surface area contributed by atoms with E-state index in [1.165, 1.54) is 0 Å². The van der Waals surface area contributed by atoms with E-state index in [1.807, 2.05) is 12.1 Å². The third-order valence-corrected chi connectivity index (χ3v) is 3.13. The van der Waals surface area contributed by atoms with Crippen molar-refractivity contribution in [3.05, 3.63) is 28.8 Å². The van der Waals surface area contributed by atoms with Crippen LogP contribution in [0.5, 0.6) is 0 Å². The van der Waals surface area contributed by atoms with Crippen molar-refractivity contribution >= 4 is 17.3 Å². The Balaban J connectivity index is 2.11. The van der Waals surface area contributed by atoms with Crippen molar-refractivity contribution in [2.75, 3.05) is 11.9 Å². The molecule has 0 bridgehead atoms. The average Bonchev–Trinajstić information content (AvgIpc) is 2.65. The Kier molecular flexibility index (Phi) is 3.33. The number of nitriles is 1. The summed E-state index contributed by atoms with van der Waals surface area (Å²) in [4.78, 5) is 0. The lowest BCUT2D eigenvalue weighted by Crippen LogP contribution is -2.26. The zero-order valence-corrected chi connectivity index (χ0v) is 9.79. The molecule has 0 aliphatic carbocycles. The molecule has 1 aliphatic rings. The monoisotopic (exact) mass is 236 g/mol. The summed E-state index contributed by atoms with van der Waals surface area (Å²) in [5.74, 6) is 0. The molecule has 1 aromatic carbocycles. The number of halogens is 1. The Labute approximate surface area is 100.0 Å². The number of hydrogen-bond donors (Lipinski definition) is 1. The molecule has 2 unspecified atom stereocenters. The zero-order chi connectivity index (χ0) is 11.5. The normalized spacial score (nSPS) is 24.1. The lowest BCUT2D eigenvalue weighted by atomic mass is 10.1. The van der Waals surface area contributed by atoms with E-state index in [-0.39, 0.29) is 6.10 Å². The highest BCUT2D eigenvalue weighted by molar-refractivity contribution is 6.32. The summed E-state index contributed by atoms with van der Waals surface area (Å²) in [5.41, 5.74) is 1.44. The van der Waals surface area contributed by atoms with E-state index in [9.17, 15) is 0 Å². The molecule has 0 aromatic heterocycles. The Bertz CT molecular complexity index is 428. The standard InChI is InChI=1S/C12H13ClN2O/c1-8-12(4-5-16-8)15-10-3-2-9(7-14)11(13)6-10/h2-3,6,8,12,15H,4-5H2,1H3. The highest BCUT2D eigenvalue weighted by atomic mass is 35.5. The van der Waals surface area contributed by atoms with Crippen LogP contribution < -0.4 is 5.32 Å². The van der Waals surface area contributed by atoms with Crippen LogP contribution in [0, 0.1) is 11.3 Å². The van der Waals surface area contributed by atoms with Crippen LogP contribution >= 0.6 is 11.6 Å². The van der Waals surface area contributed by atoms with Gasteiger partial charge in [0.1, 0.15) is 6.07 Å². The minimum Gasteiger partial charge on any atom is -0.380 e. The maximum Gasteiger partial charge on any atom is 0.101 e. The van der Waals surface area contributed by atoms with Crippen molar-refractivity contribution in [1.82, 2.24) is 0 Å². The van der Waals surface area contributed by atoms with Gasteiger partial charge in [-0.1, -0.05) is 11.6 Å². The summed E-state index contributed by atoms with van der Waals surface area (Å²) in [7, 11) is 0. The van der Waals surface area contributed by atoms with Crippen LogP contribution in [0.3, 0.4) is 0 Å². The van der Waals surface area contributed by atoms with E-state index in [0.717, 1.165) is 18.7 Å². The summed E-state index contributed by atoms with van der Waals surface area (Å²) in [6.45, 7) is 2.85. The van der Waals surface area contributed by atoms with Crippen molar-refractivity contribution < 1.29 is 4.74 Å². The first kappa shape index (κ1) is 11.3.